The number of fused-ring (bicyclic) bond motifs is 1. The molecular formula is C10H6N2O2. The molecule has 2 heterocycles. The van der Waals surface area contributed by atoms with Crippen LogP contribution in [-0.4, -0.2) is 20.5 Å². The van der Waals surface area contributed by atoms with E-state index in [-0.39, 0.29) is 11.4 Å². The molecule has 2 aromatic heterocycles. The van der Waals surface area contributed by atoms with Gasteiger partial charge in [0.05, 0.1) is 0 Å². The van der Waals surface area contributed by atoms with E-state index in [4.69, 9.17) is 11.5 Å². The molecule has 1 N–H and O–H groups in total. The Kier molecular flexibility index (Phi) is 1.72. The third-order valence-corrected chi connectivity index (χ3v) is 1.87. The third-order valence-electron chi connectivity index (χ3n) is 1.87. The summed E-state index contributed by atoms with van der Waals surface area (Å²) in [6.07, 6.45) is 6.91. The summed E-state index contributed by atoms with van der Waals surface area (Å²) in [5, 5.41) is 8.83. The number of hydrogen-bond donors (Lipinski definition) is 1. The molecule has 4 heteroatoms. The lowest BCUT2D eigenvalue weighted by atomic mass is 10.3. The van der Waals surface area contributed by atoms with Crippen LogP contribution in [-0.2, 0) is 0 Å². The van der Waals surface area contributed by atoms with E-state index < -0.39 is 5.97 Å². The van der Waals surface area contributed by atoms with E-state index in [0.717, 1.165) is 0 Å². The van der Waals surface area contributed by atoms with E-state index in [1.807, 2.05) is 0 Å². The maximum atomic E-state index is 10.8. The van der Waals surface area contributed by atoms with Gasteiger partial charge in [0.25, 0.3) is 0 Å². The Balaban J connectivity index is 2.87. The van der Waals surface area contributed by atoms with Gasteiger partial charge in [0.1, 0.15) is 11.3 Å². The fourth-order valence-corrected chi connectivity index (χ4v) is 1.28. The van der Waals surface area contributed by atoms with Gasteiger partial charge in [0, 0.05) is 6.20 Å². The van der Waals surface area contributed by atoms with Crippen molar-refractivity contribution in [3.8, 4) is 12.3 Å². The molecule has 0 atom stereocenters. The molecule has 0 aliphatic rings. The number of carboxylic acid groups (broad SMARTS) is 1. The number of aromatic nitrogens is 2. The summed E-state index contributed by atoms with van der Waals surface area (Å²) in [6.45, 7) is 0. The van der Waals surface area contributed by atoms with Crippen molar-refractivity contribution in [3.05, 3.63) is 35.8 Å². The lowest BCUT2D eigenvalue weighted by Gasteiger charge is -1.92. The molecule has 2 aromatic rings. The molecule has 0 saturated heterocycles. The molecule has 0 spiro atoms. The Hall–Kier alpha value is -2.28. The number of carbonyl (C=O) groups is 1. The van der Waals surface area contributed by atoms with Crippen LogP contribution in [0.3, 0.4) is 0 Å². The molecule has 0 amide bonds. The van der Waals surface area contributed by atoms with Crippen molar-refractivity contribution in [1.29, 1.82) is 0 Å². The summed E-state index contributed by atoms with van der Waals surface area (Å²) >= 11 is 0. The number of carboxylic acids is 1. The molecule has 0 fully saturated rings. The second kappa shape index (κ2) is 2.89. The number of hydrogen-bond acceptors (Lipinski definition) is 2. The lowest BCUT2D eigenvalue weighted by molar-refractivity contribution is 0.0691. The largest absolute Gasteiger partial charge is 0.476 e. The highest BCUT2D eigenvalue weighted by atomic mass is 16.4. The molecule has 0 bridgehead atoms. The zero-order valence-electron chi connectivity index (χ0n) is 7.14. The van der Waals surface area contributed by atoms with Crippen LogP contribution in [0.5, 0.6) is 0 Å². The van der Waals surface area contributed by atoms with Gasteiger partial charge in [0.2, 0.25) is 0 Å². The van der Waals surface area contributed by atoms with Crippen LogP contribution in [0.2, 0.25) is 0 Å². The summed E-state index contributed by atoms with van der Waals surface area (Å²) in [5.74, 6) is 1.21. The molecule has 4 nitrogen and oxygen atoms in total. The van der Waals surface area contributed by atoms with E-state index in [9.17, 15) is 4.79 Å². The number of imidazole rings is 1. The fourth-order valence-electron chi connectivity index (χ4n) is 1.28. The van der Waals surface area contributed by atoms with Crippen LogP contribution in [0.4, 0.5) is 0 Å². The number of nitrogens with zero attached hydrogens (tertiary/aromatic N) is 2. The molecule has 0 aliphatic carbocycles. The molecule has 14 heavy (non-hydrogen) atoms. The Morgan fingerprint density at radius 3 is 3.00 bits per heavy atom. The number of aromatic carboxylic acids is 1. The number of rotatable bonds is 1. The standard InChI is InChI=1S/C10H6N2O2/c1-2-7-9(10(13)14)11-8-5-3-4-6-12(7)8/h1,3-6H,(H,13,14). The van der Waals surface area contributed by atoms with E-state index in [2.05, 4.69) is 10.9 Å². The molecule has 0 saturated carbocycles. The van der Waals surface area contributed by atoms with Crippen molar-refractivity contribution in [2.24, 2.45) is 0 Å². The smallest absolute Gasteiger partial charge is 0.357 e. The maximum absolute atomic E-state index is 10.8. The summed E-state index contributed by atoms with van der Waals surface area (Å²) in [6, 6.07) is 5.24. The lowest BCUT2D eigenvalue weighted by Crippen LogP contribution is -2.00. The fraction of sp³-hybridized carbons (Fsp3) is 0. The molecular weight excluding hydrogens is 180 g/mol. The first kappa shape index (κ1) is 8.32. The minimum absolute atomic E-state index is 0.0845. The first-order valence-corrected chi connectivity index (χ1v) is 3.91. The predicted molar refractivity (Wildman–Crippen MR) is 50.1 cm³/mol. The van der Waals surface area contributed by atoms with E-state index in [1.165, 1.54) is 0 Å². The van der Waals surface area contributed by atoms with Gasteiger partial charge in [-0.05, 0) is 18.1 Å². The van der Waals surface area contributed by atoms with Gasteiger partial charge in [-0.2, -0.15) is 0 Å². The summed E-state index contributed by atoms with van der Waals surface area (Å²) in [7, 11) is 0. The second-order valence-electron chi connectivity index (χ2n) is 2.69. The van der Waals surface area contributed by atoms with Crippen molar-refractivity contribution in [2.45, 2.75) is 0 Å². The van der Waals surface area contributed by atoms with Gasteiger partial charge in [-0.15, -0.1) is 6.42 Å². The van der Waals surface area contributed by atoms with Crippen LogP contribution in [0.15, 0.2) is 24.4 Å². The van der Waals surface area contributed by atoms with Crippen molar-refractivity contribution in [3.63, 3.8) is 0 Å². The highest BCUT2D eigenvalue weighted by Crippen LogP contribution is 2.11. The second-order valence-corrected chi connectivity index (χ2v) is 2.69. The van der Waals surface area contributed by atoms with Crippen LogP contribution >= 0.6 is 0 Å². The zero-order valence-corrected chi connectivity index (χ0v) is 7.14. The van der Waals surface area contributed by atoms with E-state index >= 15 is 0 Å². The van der Waals surface area contributed by atoms with Crippen molar-refractivity contribution in [2.75, 3.05) is 0 Å². The quantitative estimate of drug-likeness (QED) is 0.676. The minimum Gasteiger partial charge on any atom is -0.476 e. The average molecular weight is 186 g/mol. The van der Waals surface area contributed by atoms with Crippen LogP contribution in [0, 0.1) is 12.3 Å². The Morgan fingerprint density at radius 2 is 2.36 bits per heavy atom. The van der Waals surface area contributed by atoms with Gasteiger partial charge in [0.15, 0.2) is 5.69 Å². The van der Waals surface area contributed by atoms with Gasteiger partial charge < -0.3 is 5.11 Å². The number of terminal acetylenes is 1. The van der Waals surface area contributed by atoms with Gasteiger partial charge >= 0.3 is 5.97 Å². The minimum atomic E-state index is -1.11. The first-order chi connectivity index (χ1) is 6.74. The van der Waals surface area contributed by atoms with Crippen LogP contribution in [0.25, 0.3) is 5.65 Å². The van der Waals surface area contributed by atoms with Crippen LogP contribution < -0.4 is 0 Å². The van der Waals surface area contributed by atoms with E-state index in [1.54, 1.807) is 28.8 Å². The van der Waals surface area contributed by atoms with Crippen molar-refractivity contribution >= 4 is 11.6 Å². The highest BCUT2D eigenvalue weighted by molar-refractivity contribution is 5.89. The summed E-state index contributed by atoms with van der Waals surface area (Å²) in [5.41, 5.74) is 0.727. The van der Waals surface area contributed by atoms with Gasteiger partial charge in [-0.1, -0.05) is 6.07 Å². The van der Waals surface area contributed by atoms with Crippen LogP contribution in [0.1, 0.15) is 16.2 Å². The average Bonchev–Trinajstić information content (AvgIpc) is 2.56. The molecule has 2 rings (SSSR count). The third kappa shape index (κ3) is 1.04. The molecule has 68 valence electrons. The topological polar surface area (TPSA) is 54.6 Å². The van der Waals surface area contributed by atoms with E-state index in [0.29, 0.717) is 5.65 Å². The van der Waals surface area contributed by atoms with Gasteiger partial charge in [-0.25, -0.2) is 9.78 Å². The molecule has 0 aliphatic heterocycles. The van der Waals surface area contributed by atoms with Crippen molar-refractivity contribution < 1.29 is 9.90 Å². The molecule has 0 aromatic carbocycles. The molecule has 0 radical (unpaired) electrons. The summed E-state index contributed by atoms with van der Waals surface area (Å²) in [4.78, 5) is 14.7. The Bertz CT molecular complexity index is 549. The van der Waals surface area contributed by atoms with Crippen molar-refractivity contribution in [1.82, 2.24) is 9.38 Å². The first-order valence-electron chi connectivity index (χ1n) is 3.91. The zero-order chi connectivity index (χ0) is 10.1. The Labute approximate surface area is 79.8 Å². The monoisotopic (exact) mass is 186 g/mol. The van der Waals surface area contributed by atoms with Gasteiger partial charge in [-0.3, -0.25) is 4.40 Å². The normalized spacial score (nSPS) is 9.93. The molecule has 0 unspecified atom stereocenters. The SMILES string of the molecule is C#Cc1c(C(=O)O)nc2ccccn12. The predicted octanol–water partition coefficient (Wildman–Crippen LogP) is 1.01. The summed E-state index contributed by atoms with van der Waals surface area (Å²) < 4.78 is 1.57. The number of pyridine rings is 1. The highest BCUT2D eigenvalue weighted by Gasteiger charge is 2.15. The Morgan fingerprint density at radius 1 is 1.57 bits per heavy atom. The maximum Gasteiger partial charge on any atom is 0.357 e.